The molecule has 1 aliphatic heterocycles. The SMILES string of the molecule is O=C(NC(Cc1ccccc1)C(=O)NCC(O)COc1ccc2c(c1)OCO2)c1cccs1. The highest BCUT2D eigenvalue weighted by atomic mass is 32.1. The Balaban J connectivity index is 1.31. The van der Waals surface area contributed by atoms with E-state index in [0.717, 1.165) is 5.56 Å². The number of ether oxygens (including phenoxy) is 3. The van der Waals surface area contributed by atoms with Crippen molar-refractivity contribution in [1.82, 2.24) is 10.6 Å². The summed E-state index contributed by atoms with van der Waals surface area (Å²) in [6, 6.07) is 17.3. The van der Waals surface area contributed by atoms with Crippen molar-refractivity contribution in [3.63, 3.8) is 0 Å². The third-order valence-electron chi connectivity index (χ3n) is 4.95. The van der Waals surface area contributed by atoms with Crippen molar-refractivity contribution in [2.45, 2.75) is 18.6 Å². The first-order valence-electron chi connectivity index (χ1n) is 10.4. The van der Waals surface area contributed by atoms with E-state index in [2.05, 4.69) is 10.6 Å². The molecule has 3 aromatic rings. The minimum atomic E-state index is -0.940. The molecule has 1 aromatic heterocycles. The monoisotopic (exact) mass is 468 g/mol. The van der Waals surface area contributed by atoms with E-state index < -0.39 is 12.1 Å². The molecule has 2 aromatic carbocycles. The van der Waals surface area contributed by atoms with E-state index >= 15 is 0 Å². The van der Waals surface area contributed by atoms with Crippen LogP contribution in [0.5, 0.6) is 17.2 Å². The van der Waals surface area contributed by atoms with Crippen LogP contribution >= 0.6 is 11.3 Å². The van der Waals surface area contributed by atoms with Gasteiger partial charge in [0.25, 0.3) is 5.91 Å². The van der Waals surface area contributed by atoms with Crippen LogP contribution in [0, 0.1) is 0 Å². The zero-order chi connectivity index (χ0) is 23.0. The third kappa shape index (κ3) is 6.24. The predicted octanol–water partition coefficient (Wildman–Crippen LogP) is 2.37. The van der Waals surface area contributed by atoms with E-state index in [9.17, 15) is 14.7 Å². The van der Waals surface area contributed by atoms with Crippen LogP contribution in [0.1, 0.15) is 15.2 Å². The number of carbonyl (C=O) groups excluding carboxylic acids is 2. The van der Waals surface area contributed by atoms with Gasteiger partial charge < -0.3 is 30.0 Å². The molecular weight excluding hydrogens is 444 g/mol. The summed E-state index contributed by atoms with van der Waals surface area (Å²) in [6.07, 6.45) is -0.613. The second kappa shape index (κ2) is 10.8. The summed E-state index contributed by atoms with van der Waals surface area (Å²) in [5, 5.41) is 17.6. The summed E-state index contributed by atoms with van der Waals surface area (Å²) in [4.78, 5) is 25.9. The molecule has 0 spiro atoms. The molecule has 4 rings (SSSR count). The Hall–Kier alpha value is -3.56. The van der Waals surface area contributed by atoms with Crippen molar-refractivity contribution in [3.05, 3.63) is 76.5 Å². The van der Waals surface area contributed by atoms with Crippen molar-refractivity contribution in [1.29, 1.82) is 0 Å². The molecule has 0 radical (unpaired) electrons. The van der Waals surface area contributed by atoms with Gasteiger partial charge in [-0.1, -0.05) is 36.4 Å². The Morgan fingerprint density at radius 2 is 1.88 bits per heavy atom. The molecule has 0 saturated heterocycles. The Labute approximate surface area is 195 Å². The summed E-state index contributed by atoms with van der Waals surface area (Å²) in [7, 11) is 0. The van der Waals surface area contributed by atoms with E-state index in [-0.39, 0.29) is 31.8 Å². The molecule has 2 heterocycles. The van der Waals surface area contributed by atoms with E-state index in [1.54, 1.807) is 35.7 Å². The Morgan fingerprint density at radius 1 is 1.06 bits per heavy atom. The maximum atomic E-state index is 12.9. The van der Waals surface area contributed by atoms with Crippen LogP contribution in [-0.2, 0) is 11.2 Å². The van der Waals surface area contributed by atoms with Gasteiger partial charge in [0.15, 0.2) is 11.5 Å². The van der Waals surface area contributed by atoms with Gasteiger partial charge in [-0.15, -0.1) is 11.3 Å². The Kier molecular flexibility index (Phi) is 7.43. The van der Waals surface area contributed by atoms with Gasteiger partial charge in [0.05, 0.1) is 4.88 Å². The fourth-order valence-corrected chi connectivity index (χ4v) is 3.88. The first-order valence-corrected chi connectivity index (χ1v) is 11.3. The number of amides is 2. The largest absolute Gasteiger partial charge is 0.491 e. The minimum Gasteiger partial charge on any atom is -0.491 e. The number of aliphatic hydroxyl groups is 1. The molecule has 8 nitrogen and oxygen atoms in total. The zero-order valence-electron chi connectivity index (χ0n) is 17.7. The molecule has 0 bridgehead atoms. The molecule has 2 amide bonds. The van der Waals surface area contributed by atoms with Gasteiger partial charge in [0.1, 0.15) is 24.5 Å². The highest BCUT2D eigenvalue weighted by Crippen LogP contribution is 2.35. The molecule has 0 saturated carbocycles. The average molecular weight is 469 g/mol. The number of hydrogen-bond donors (Lipinski definition) is 3. The first-order chi connectivity index (χ1) is 16.1. The average Bonchev–Trinajstić information content (AvgIpc) is 3.53. The smallest absolute Gasteiger partial charge is 0.262 e. The van der Waals surface area contributed by atoms with E-state index in [1.165, 1.54) is 11.3 Å². The van der Waals surface area contributed by atoms with Crippen LogP contribution in [0.15, 0.2) is 66.0 Å². The van der Waals surface area contributed by atoms with Crippen molar-refractivity contribution >= 4 is 23.2 Å². The lowest BCUT2D eigenvalue weighted by Crippen LogP contribution is -2.49. The maximum Gasteiger partial charge on any atom is 0.262 e. The molecule has 3 N–H and O–H groups in total. The van der Waals surface area contributed by atoms with Gasteiger partial charge >= 0.3 is 0 Å². The van der Waals surface area contributed by atoms with Crippen LogP contribution < -0.4 is 24.8 Å². The van der Waals surface area contributed by atoms with Gasteiger partial charge in [-0.25, -0.2) is 0 Å². The molecule has 2 atom stereocenters. The topological polar surface area (TPSA) is 106 Å². The lowest BCUT2D eigenvalue weighted by molar-refractivity contribution is -0.123. The second-order valence-electron chi connectivity index (χ2n) is 7.42. The lowest BCUT2D eigenvalue weighted by Gasteiger charge is -2.20. The Bertz CT molecular complexity index is 1070. The van der Waals surface area contributed by atoms with Crippen molar-refractivity contribution in [3.8, 4) is 17.2 Å². The van der Waals surface area contributed by atoms with Crippen LogP contribution in [0.25, 0.3) is 0 Å². The number of hydrogen-bond acceptors (Lipinski definition) is 7. The molecule has 2 unspecified atom stereocenters. The molecular formula is C24H24N2O6S. The zero-order valence-corrected chi connectivity index (χ0v) is 18.5. The number of aliphatic hydroxyl groups excluding tert-OH is 1. The molecule has 172 valence electrons. The van der Waals surface area contributed by atoms with Crippen LogP contribution in [0.4, 0.5) is 0 Å². The minimum absolute atomic E-state index is 0.0230. The van der Waals surface area contributed by atoms with Crippen LogP contribution in [0.3, 0.4) is 0 Å². The van der Waals surface area contributed by atoms with Crippen LogP contribution in [-0.4, -0.2) is 49.0 Å². The van der Waals surface area contributed by atoms with Crippen LogP contribution in [0.2, 0.25) is 0 Å². The van der Waals surface area contributed by atoms with Crippen molar-refractivity contribution < 1.29 is 28.9 Å². The highest BCUT2D eigenvalue weighted by Gasteiger charge is 2.23. The maximum absolute atomic E-state index is 12.9. The summed E-state index contributed by atoms with van der Waals surface area (Å²) in [6.45, 7) is 0.120. The van der Waals surface area contributed by atoms with Crippen molar-refractivity contribution in [2.75, 3.05) is 19.9 Å². The van der Waals surface area contributed by atoms with E-state index in [0.29, 0.717) is 28.5 Å². The number of carbonyl (C=O) groups is 2. The molecule has 0 aliphatic carbocycles. The highest BCUT2D eigenvalue weighted by molar-refractivity contribution is 7.12. The number of rotatable bonds is 10. The lowest BCUT2D eigenvalue weighted by atomic mass is 10.0. The second-order valence-corrected chi connectivity index (χ2v) is 8.37. The van der Waals surface area contributed by atoms with Gasteiger partial charge in [0, 0.05) is 19.0 Å². The van der Waals surface area contributed by atoms with Gasteiger partial charge in [-0.2, -0.15) is 0 Å². The number of thiophene rings is 1. The predicted molar refractivity (Wildman–Crippen MR) is 123 cm³/mol. The summed E-state index contributed by atoms with van der Waals surface area (Å²) in [5.74, 6) is 1.05. The van der Waals surface area contributed by atoms with Gasteiger partial charge in [-0.3, -0.25) is 9.59 Å². The summed E-state index contributed by atoms with van der Waals surface area (Å²) in [5.41, 5.74) is 0.913. The molecule has 1 aliphatic rings. The number of fused-ring (bicyclic) bond motifs is 1. The quantitative estimate of drug-likeness (QED) is 0.422. The van der Waals surface area contributed by atoms with Gasteiger partial charge in [0.2, 0.25) is 12.7 Å². The Morgan fingerprint density at radius 3 is 2.67 bits per heavy atom. The fourth-order valence-electron chi connectivity index (χ4n) is 3.26. The standard InChI is InChI=1S/C24H24N2O6S/c27-17(14-30-18-8-9-20-21(12-18)32-15-31-20)13-25-23(28)19(11-16-5-2-1-3-6-16)26-24(29)22-7-4-10-33-22/h1-10,12,17,19,27H,11,13-15H2,(H,25,28)(H,26,29). The summed E-state index contributed by atoms with van der Waals surface area (Å²) >= 11 is 1.30. The normalized spacial score (nSPS) is 13.7. The molecule has 9 heteroatoms. The van der Waals surface area contributed by atoms with Gasteiger partial charge in [-0.05, 0) is 29.1 Å². The number of benzene rings is 2. The van der Waals surface area contributed by atoms with E-state index in [4.69, 9.17) is 14.2 Å². The van der Waals surface area contributed by atoms with Crippen molar-refractivity contribution in [2.24, 2.45) is 0 Å². The third-order valence-corrected chi connectivity index (χ3v) is 5.82. The summed E-state index contributed by atoms with van der Waals surface area (Å²) < 4.78 is 16.1. The number of nitrogens with one attached hydrogen (secondary N) is 2. The van der Waals surface area contributed by atoms with E-state index in [1.807, 2.05) is 30.3 Å². The molecule has 33 heavy (non-hydrogen) atoms. The fraction of sp³-hybridized carbons (Fsp3) is 0.250. The molecule has 0 fully saturated rings. The first kappa shape index (κ1) is 22.6.